The van der Waals surface area contributed by atoms with Crippen molar-refractivity contribution < 1.29 is 52.2 Å². The number of hydrogen-bond acceptors (Lipinski definition) is 9. The third-order valence-corrected chi connectivity index (χ3v) is 7.01. The van der Waals surface area contributed by atoms with Crippen LogP contribution in [0.5, 0.6) is 0 Å². The Balaban J connectivity index is 2.66. The molecule has 1 heterocycles. The van der Waals surface area contributed by atoms with E-state index in [2.05, 4.69) is 5.32 Å². The van der Waals surface area contributed by atoms with Crippen LogP contribution in [0, 0.1) is 5.92 Å². The first-order valence-corrected chi connectivity index (χ1v) is 11.9. The Morgan fingerprint density at radius 1 is 1.05 bits per heavy atom. The van der Waals surface area contributed by atoms with Crippen molar-refractivity contribution in [1.82, 2.24) is 15.5 Å². The molecule has 2 unspecified atom stereocenters. The Labute approximate surface area is 216 Å². The second-order valence-electron chi connectivity index (χ2n) is 9.79. The zero-order chi connectivity index (χ0) is 29.4. The molecule has 15 heteroatoms. The lowest BCUT2D eigenvalue weighted by molar-refractivity contribution is -0.181. The van der Waals surface area contributed by atoms with Crippen molar-refractivity contribution in [1.29, 1.82) is 0 Å². The van der Waals surface area contributed by atoms with E-state index < -0.39 is 88.6 Å². The molecule has 5 atom stereocenters. The summed E-state index contributed by atoms with van der Waals surface area (Å²) in [6.07, 6.45) is -1.16. The van der Waals surface area contributed by atoms with Gasteiger partial charge in [-0.1, -0.05) is 13.8 Å². The summed E-state index contributed by atoms with van der Waals surface area (Å²) < 4.78 is 33.7. The summed E-state index contributed by atoms with van der Waals surface area (Å²) in [5.41, 5.74) is 0.584. The van der Waals surface area contributed by atoms with Gasteiger partial charge in [0, 0.05) is 32.9 Å². The largest absolute Gasteiger partial charge is 0.476 e. The Bertz CT molecular complexity index is 1060. The molecule has 38 heavy (non-hydrogen) atoms. The van der Waals surface area contributed by atoms with Gasteiger partial charge in [0.1, 0.15) is 6.04 Å². The van der Waals surface area contributed by atoms with Gasteiger partial charge in [0.15, 0.2) is 17.2 Å². The predicted molar refractivity (Wildman–Crippen MR) is 124 cm³/mol. The highest BCUT2D eigenvalue weighted by Crippen LogP contribution is 2.48. The van der Waals surface area contributed by atoms with E-state index in [4.69, 9.17) is 15.6 Å². The summed E-state index contributed by atoms with van der Waals surface area (Å²) in [6.45, 7) is 4.73. The molecule has 2 aliphatic rings. The maximum Gasteiger partial charge on any atom is 0.401 e. The topological polar surface area (TPSA) is 202 Å². The molecule has 2 rings (SSSR count). The standard InChI is InChI=1S/C23H32F2N4O9/c1-10(2)15(16(32)23(24,25)20(36)37)28-19(35)22-14(31)7-6-13(30)21(22,38-5)8-9-29(22)18(34)12(4)27-17(33)11(3)26/h10-12,15H,6-9,26H2,1-5H3,(H,27,33)(H,28,35)(H,36,37)/t11-,12-,15?,21?,22+/m0/s1. The van der Waals surface area contributed by atoms with Gasteiger partial charge in [-0.15, -0.1) is 0 Å². The number of nitrogens with one attached hydrogen (secondary N) is 2. The molecule has 0 aromatic rings. The third kappa shape index (κ3) is 4.68. The Morgan fingerprint density at radius 3 is 2.08 bits per heavy atom. The first kappa shape index (κ1) is 30.9. The Hall–Kier alpha value is -3.33. The molecule has 1 saturated heterocycles. The van der Waals surface area contributed by atoms with E-state index in [0.717, 1.165) is 12.0 Å². The van der Waals surface area contributed by atoms with Gasteiger partial charge in [-0.05, 0) is 19.8 Å². The van der Waals surface area contributed by atoms with Crippen molar-refractivity contribution in [3.05, 3.63) is 0 Å². The van der Waals surface area contributed by atoms with E-state index in [9.17, 15) is 42.3 Å². The molecule has 0 spiro atoms. The second kappa shape index (κ2) is 10.8. The zero-order valence-corrected chi connectivity index (χ0v) is 21.6. The molecule has 5 N–H and O–H groups in total. The molecule has 0 bridgehead atoms. The fourth-order valence-corrected chi connectivity index (χ4v) is 4.96. The molecular formula is C23H32F2N4O9. The van der Waals surface area contributed by atoms with Crippen molar-refractivity contribution in [3.8, 4) is 0 Å². The highest BCUT2D eigenvalue weighted by atomic mass is 19.3. The smallest absolute Gasteiger partial charge is 0.401 e. The first-order valence-electron chi connectivity index (χ1n) is 11.9. The van der Waals surface area contributed by atoms with Crippen LogP contribution < -0.4 is 16.4 Å². The van der Waals surface area contributed by atoms with Gasteiger partial charge in [-0.25, -0.2) is 4.79 Å². The summed E-state index contributed by atoms with van der Waals surface area (Å²) in [7, 11) is 1.04. The number of likely N-dealkylation sites (tertiary alicyclic amines) is 1. The van der Waals surface area contributed by atoms with E-state index >= 15 is 0 Å². The lowest BCUT2D eigenvalue weighted by Crippen LogP contribution is -2.78. The summed E-state index contributed by atoms with van der Waals surface area (Å²) in [5.74, 6) is -15.7. The normalized spacial score (nSPS) is 25.9. The molecule has 0 radical (unpaired) electrons. The lowest BCUT2D eigenvalue weighted by atomic mass is 9.66. The first-order chi connectivity index (χ1) is 17.4. The number of halogens is 2. The number of amides is 3. The minimum atomic E-state index is -4.88. The van der Waals surface area contributed by atoms with Crippen LogP contribution in [-0.2, 0) is 38.3 Å². The third-order valence-electron chi connectivity index (χ3n) is 7.01. The van der Waals surface area contributed by atoms with Gasteiger partial charge < -0.3 is 31.1 Å². The van der Waals surface area contributed by atoms with Gasteiger partial charge in [-0.2, -0.15) is 8.78 Å². The summed E-state index contributed by atoms with van der Waals surface area (Å²) in [6, 6.07) is -4.46. The van der Waals surface area contributed by atoms with Gasteiger partial charge in [0.2, 0.25) is 23.1 Å². The highest BCUT2D eigenvalue weighted by Gasteiger charge is 2.75. The van der Waals surface area contributed by atoms with Gasteiger partial charge in [-0.3, -0.25) is 28.8 Å². The van der Waals surface area contributed by atoms with Gasteiger partial charge in [0.05, 0.1) is 12.1 Å². The molecule has 1 aliphatic heterocycles. The number of ketones is 3. The lowest BCUT2D eigenvalue weighted by Gasteiger charge is -2.48. The fourth-order valence-electron chi connectivity index (χ4n) is 4.96. The molecule has 3 amide bonds. The quantitative estimate of drug-likeness (QED) is 0.235. The van der Waals surface area contributed by atoms with E-state index in [1.165, 1.54) is 27.7 Å². The fraction of sp³-hybridized carbons (Fsp3) is 0.696. The number of Topliss-reactive ketones (excluding diaryl/α,β-unsaturated/α-hetero) is 3. The number of nitrogens with zero attached hydrogens (tertiary/aromatic N) is 1. The van der Waals surface area contributed by atoms with Crippen LogP contribution in [0.15, 0.2) is 0 Å². The molecule has 1 aliphatic carbocycles. The predicted octanol–water partition coefficient (Wildman–Crippen LogP) is -1.44. The minimum Gasteiger partial charge on any atom is -0.476 e. The molecule has 2 fully saturated rings. The number of nitrogens with two attached hydrogens (primary N) is 1. The summed E-state index contributed by atoms with van der Waals surface area (Å²) in [4.78, 5) is 90.4. The van der Waals surface area contributed by atoms with E-state index in [1.54, 1.807) is 0 Å². The van der Waals surface area contributed by atoms with Crippen LogP contribution in [-0.4, -0.2) is 99.9 Å². The molecule has 13 nitrogen and oxygen atoms in total. The maximum atomic E-state index is 14.1. The van der Waals surface area contributed by atoms with Crippen LogP contribution >= 0.6 is 0 Å². The molecule has 1 saturated carbocycles. The number of carboxylic acids is 1. The number of fused-ring (bicyclic) bond motifs is 1. The van der Waals surface area contributed by atoms with Crippen LogP contribution in [0.3, 0.4) is 0 Å². The van der Waals surface area contributed by atoms with Crippen molar-refractivity contribution in [2.75, 3.05) is 13.7 Å². The van der Waals surface area contributed by atoms with Crippen LogP contribution in [0.25, 0.3) is 0 Å². The van der Waals surface area contributed by atoms with Crippen LogP contribution in [0.4, 0.5) is 8.78 Å². The molecule has 212 valence electrons. The highest BCUT2D eigenvalue weighted by molar-refractivity contribution is 6.23. The number of carbonyl (C=O) groups is 7. The van der Waals surface area contributed by atoms with Crippen molar-refractivity contribution in [3.63, 3.8) is 0 Å². The van der Waals surface area contributed by atoms with Crippen molar-refractivity contribution in [2.24, 2.45) is 11.7 Å². The number of alkyl halides is 2. The average molecular weight is 547 g/mol. The van der Waals surface area contributed by atoms with Gasteiger partial charge in [0.25, 0.3) is 5.91 Å². The van der Waals surface area contributed by atoms with Crippen molar-refractivity contribution >= 4 is 41.0 Å². The zero-order valence-electron chi connectivity index (χ0n) is 21.6. The van der Waals surface area contributed by atoms with Gasteiger partial charge >= 0.3 is 11.9 Å². The minimum absolute atomic E-state index is 0.327. The number of aliphatic carboxylic acids is 1. The number of methoxy groups -OCH3 is 1. The SMILES string of the molecule is COC12CCN(C(=O)[C@H](C)NC(=O)[C@H](C)N)[C@@]1(C(=O)NC(C(=O)C(F)(F)C(=O)O)C(C)C)C(=O)CCC2=O. The Morgan fingerprint density at radius 2 is 1.61 bits per heavy atom. The number of ether oxygens (including phenoxy) is 1. The number of carbonyl (C=O) groups excluding carboxylic acids is 6. The van der Waals surface area contributed by atoms with Crippen LogP contribution in [0.2, 0.25) is 0 Å². The molecule has 0 aromatic carbocycles. The Kier molecular flexibility index (Phi) is 8.78. The van der Waals surface area contributed by atoms with E-state index in [-0.39, 0.29) is 19.4 Å². The summed E-state index contributed by atoms with van der Waals surface area (Å²) in [5, 5.41) is 13.2. The molecule has 0 aromatic heterocycles. The monoisotopic (exact) mass is 546 g/mol. The van der Waals surface area contributed by atoms with Crippen molar-refractivity contribution in [2.45, 2.75) is 82.1 Å². The maximum absolute atomic E-state index is 14.1. The second-order valence-corrected chi connectivity index (χ2v) is 9.79. The summed E-state index contributed by atoms with van der Waals surface area (Å²) >= 11 is 0. The average Bonchev–Trinajstić information content (AvgIpc) is 3.21. The number of carboxylic acid groups (broad SMARTS) is 1. The van der Waals surface area contributed by atoms with Crippen LogP contribution in [0.1, 0.15) is 47.0 Å². The number of hydrogen-bond donors (Lipinski definition) is 4. The van der Waals surface area contributed by atoms with E-state index in [0.29, 0.717) is 0 Å². The number of rotatable bonds is 10. The molecular weight excluding hydrogens is 514 g/mol. The van der Waals surface area contributed by atoms with E-state index in [1.807, 2.05) is 5.32 Å².